The molecule has 0 atom stereocenters. The molecule has 1 aromatic heterocycles. The summed E-state index contributed by atoms with van der Waals surface area (Å²) < 4.78 is 16.2. The maximum atomic E-state index is 5.85. The third-order valence-corrected chi connectivity index (χ3v) is 3.02. The second-order valence-corrected chi connectivity index (χ2v) is 5.23. The molecule has 1 N–H and O–H groups in total. The minimum Gasteiger partial charge on any atom is -0.497 e. The first-order valence-electron chi connectivity index (χ1n) is 7.03. The summed E-state index contributed by atoms with van der Waals surface area (Å²) in [5, 5.41) is 7.31. The Balaban J connectivity index is 2.09. The number of nitrogens with zero attached hydrogens (tertiary/aromatic N) is 1. The molecule has 0 radical (unpaired) electrons. The molecular formula is C16H22N2O3. The predicted octanol–water partition coefficient (Wildman–Crippen LogP) is 3.07. The Bertz CT molecular complexity index is 579. The van der Waals surface area contributed by atoms with Crippen LogP contribution in [-0.4, -0.2) is 18.3 Å². The molecule has 2 aromatic rings. The predicted molar refractivity (Wildman–Crippen MR) is 80.5 cm³/mol. The smallest absolute Gasteiger partial charge is 0.134 e. The average Bonchev–Trinajstić information content (AvgIpc) is 2.88. The van der Waals surface area contributed by atoms with Crippen LogP contribution in [0.2, 0.25) is 0 Å². The van der Waals surface area contributed by atoms with Crippen molar-refractivity contribution in [3.63, 3.8) is 0 Å². The van der Waals surface area contributed by atoms with Crippen molar-refractivity contribution < 1.29 is 14.0 Å². The number of benzene rings is 1. The van der Waals surface area contributed by atoms with Crippen molar-refractivity contribution in [1.82, 2.24) is 10.5 Å². The third-order valence-electron chi connectivity index (χ3n) is 3.02. The lowest BCUT2D eigenvalue weighted by Gasteiger charge is -2.14. The molecule has 1 heterocycles. The van der Waals surface area contributed by atoms with Crippen LogP contribution in [0.15, 0.2) is 28.8 Å². The van der Waals surface area contributed by atoms with Crippen molar-refractivity contribution in [2.75, 3.05) is 7.11 Å². The van der Waals surface area contributed by atoms with Crippen molar-refractivity contribution in [3.8, 4) is 11.5 Å². The summed E-state index contributed by atoms with van der Waals surface area (Å²) in [6, 6.07) is 8.07. The summed E-state index contributed by atoms with van der Waals surface area (Å²) in [5.41, 5.74) is 1.84. The second-order valence-electron chi connectivity index (χ2n) is 5.23. The number of hydrogen-bond acceptors (Lipinski definition) is 5. The van der Waals surface area contributed by atoms with Gasteiger partial charge in [0.05, 0.1) is 7.11 Å². The first-order valence-corrected chi connectivity index (χ1v) is 7.03. The zero-order valence-electron chi connectivity index (χ0n) is 13.0. The number of nitrogens with one attached hydrogen (secondary N) is 1. The molecule has 5 heteroatoms. The van der Waals surface area contributed by atoms with Crippen LogP contribution in [0.3, 0.4) is 0 Å². The topological polar surface area (TPSA) is 56.5 Å². The van der Waals surface area contributed by atoms with E-state index in [1.54, 1.807) is 7.11 Å². The van der Waals surface area contributed by atoms with Gasteiger partial charge in [0.25, 0.3) is 0 Å². The normalized spacial score (nSPS) is 10.9. The average molecular weight is 290 g/mol. The molecule has 2 rings (SSSR count). The fourth-order valence-electron chi connectivity index (χ4n) is 1.91. The molecule has 0 fully saturated rings. The highest BCUT2D eigenvalue weighted by atomic mass is 16.5. The zero-order valence-corrected chi connectivity index (χ0v) is 13.0. The quantitative estimate of drug-likeness (QED) is 0.849. The van der Waals surface area contributed by atoms with Gasteiger partial charge in [-0.1, -0.05) is 19.0 Å². The minimum atomic E-state index is 0.387. The molecule has 114 valence electrons. The molecule has 0 saturated carbocycles. The van der Waals surface area contributed by atoms with E-state index < -0.39 is 0 Å². The van der Waals surface area contributed by atoms with Crippen LogP contribution in [0.5, 0.6) is 11.5 Å². The van der Waals surface area contributed by atoms with E-state index in [-0.39, 0.29) is 0 Å². The van der Waals surface area contributed by atoms with Gasteiger partial charge in [0, 0.05) is 24.2 Å². The maximum absolute atomic E-state index is 5.85. The van der Waals surface area contributed by atoms with Gasteiger partial charge in [-0.15, -0.1) is 0 Å². The summed E-state index contributed by atoms with van der Waals surface area (Å²) in [6.07, 6.45) is 0. The van der Waals surface area contributed by atoms with Crippen molar-refractivity contribution in [2.45, 2.75) is 40.0 Å². The van der Waals surface area contributed by atoms with E-state index in [2.05, 4.69) is 24.3 Å². The summed E-state index contributed by atoms with van der Waals surface area (Å²) in [6.45, 7) is 7.19. The Morgan fingerprint density at radius 2 is 2.10 bits per heavy atom. The molecule has 0 aliphatic rings. The van der Waals surface area contributed by atoms with E-state index in [9.17, 15) is 0 Å². The molecule has 0 amide bonds. The highest BCUT2D eigenvalue weighted by Crippen LogP contribution is 2.25. The van der Waals surface area contributed by atoms with Gasteiger partial charge >= 0.3 is 0 Å². The van der Waals surface area contributed by atoms with E-state index >= 15 is 0 Å². The van der Waals surface area contributed by atoms with E-state index in [0.717, 1.165) is 35.1 Å². The second kappa shape index (κ2) is 7.13. The van der Waals surface area contributed by atoms with Gasteiger partial charge < -0.3 is 19.3 Å². The van der Waals surface area contributed by atoms with Crippen LogP contribution in [0.25, 0.3) is 0 Å². The van der Waals surface area contributed by atoms with Gasteiger partial charge in [-0.2, -0.15) is 0 Å². The third kappa shape index (κ3) is 4.49. The lowest BCUT2D eigenvalue weighted by atomic mass is 10.1. The van der Waals surface area contributed by atoms with Crippen LogP contribution in [0.4, 0.5) is 0 Å². The highest BCUT2D eigenvalue weighted by Gasteiger charge is 2.08. The molecule has 1 aromatic carbocycles. The molecule has 5 nitrogen and oxygen atoms in total. The highest BCUT2D eigenvalue weighted by molar-refractivity contribution is 5.40. The summed E-state index contributed by atoms with van der Waals surface area (Å²) in [4.78, 5) is 0. The molecule has 0 spiro atoms. The molecule has 0 saturated heterocycles. The fourth-order valence-corrected chi connectivity index (χ4v) is 1.91. The first-order chi connectivity index (χ1) is 10.1. The summed E-state index contributed by atoms with van der Waals surface area (Å²) >= 11 is 0. The number of ether oxygens (including phenoxy) is 2. The largest absolute Gasteiger partial charge is 0.497 e. The SMILES string of the molecule is COc1ccc(OCc2cc(C)on2)c(CNC(C)C)c1. The van der Waals surface area contributed by atoms with Gasteiger partial charge in [-0.3, -0.25) is 0 Å². The summed E-state index contributed by atoms with van der Waals surface area (Å²) in [7, 11) is 1.66. The Labute approximate surface area is 125 Å². The molecule has 0 bridgehead atoms. The van der Waals surface area contributed by atoms with Gasteiger partial charge in [0.15, 0.2) is 0 Å². The molecule has 21 heavy (non-hydrogen) atoms. The van der Waals surface area contributed by atoms with Crippen molar-refractivity contribution in [2.24, 2.45) is 0 Å². The molecule has 0 aliphatic heterocycles. The van der Waals surface area contributed by atoms with Gasteiger partial charge in [-0.25, -0.2) is 0 Å². The Morgan fingerprint density at radius 3 is 2.71 bits per heavy atom. The fraction of sp³-hybridized carbons (Fsp3) is 0.438. The Hall–Kier alpha value is -2.01. The lowest BCUT2D eigenvalue weighted by Crippen LogP contribution is -2.22. The number of methoxy groups -OCH3 is 1. The van der Waals surface area contributed by atoms with Crippen LogP contribution in [-0.2, 0) is 13.2 Å². The van der Waals surface area contributed by atoms with E-state index in [1.807, 2.05) is 31.2 Å². The first kappa shape index (κ1) is 15.4. The van der Waals surface area contributed by atoms with Crippen molar-refractivity contribution in [1.29, 1.82) is 0 Å². The Kier molecular flexibility index (Phi) is 5.22. The van der Waals surface area contributed by atoms with Crippen LogP contribution in [0, 0.1) is 6.92 Å². The molecular weight excluding hydrogens is 268 g/mol. The lowest BCUT2D eigenvalue weighted by molar-refractivity contribution is 0.283. The van der Waals surface area contributed by atoms with Crippen LogP contribution < -0.4 is 14.8 Å². The number of aryl methyl sites for hydroxylation is 1. The van der Waals surface area contributed by atoms with Crippen LogP contribution in [0.1, 0.15) is 30.9 Å². The van der Waals surface area contributed by atoms with E-state index in [1.165, 1.54) is 0 Å². The van der Waals surface area contributed by atoms with Gasteiger partial charge in [0.1, 0.15) is 29.6 Å². The zero-order chi connectivity index (χ0) is 15.2. The van der Waals surface area contributed by atoms with E-state index in [4.69, 9.17) is 14.0 Å². The number of hydrogen-bond donors (Lipinski definition) is 1. The maximum Gasteiger partial charge on any atom is 0.134 e. The number of aromatic nitrogens is 1. The van der Waals surface area contributed by atoms with Gasteiger partial charge in [0.2, 0.25) is 0 Å². The monoisotopic (exact) mass is 290 g/mol. The Morgan fingerprint density at radius 1 is 1.29 bits per heavy atom. The molecule has 0 unspecified atom stereocenters. The van der Waals surface area contributed by atoms with Crippen molar-refractivity contribution in [3.05, 3.63) is 41.3 Å². The standard InChI is InChI=1S/C16H22N2O3/c1-11(2)17-9-13-8-15(19-4)5-6-16(13)20-10-14-7-12(3)21-18-14/h5-8,11,17H,9-10H2,1-4H3. The van der Waals surface area contributed by atoms with Gasteiger partial charge in [-0.05, 0) is 25.1 Å². The van der Waals surface area contributed by atoms with E-state index in [0.29, 0.717) is 12.6 Å². The minimum absolute atomic E-state index is 0.387. The van der Waals surface area contributed by atoms with Crippen molar-refractivity contribution >= 4 is 0 Å². The summed E-state index contributed by atoms with van der Waals surface area (Å²) in [5.74, 6) is 2.43. The number of rotatable bonds is 7. The van der Waals surface area contributed by atoms with Crippen LogP contribution >= 0.6 is 0 Å². The molecule has 0 aliphatic carbocycles.